The minimum absolute atomic E-state index is 0. The molecule has 3 rings (SSSR count). The Morgan fingerprint density at radius 1 is 1.17 bits per heavy atom. The molecule has 0 aliphatic rings. The third-order valence-corrected chi connectivity index (χ3v) is 3.49. The number of aliphatic hydroxyl groups is 1. The maximum Gasteiger partial charge on any atom is 0.0241 e. The maximum absolute atomic E-state index is 8.30. The van der Waals surface area contributed by atoms with Gasteiger partial charge in [-0.05, 0) is 29.5 Å². The Morgan fingerprint density at radius 2 is 1.83 bits per heavy atom. The molecule has 0 aliphatic carbocycles. The van der Waals surface area contributed by atoms with Crippen LogP contribution in [0.2, 0.25) is 0 Å². The number of hydrogen-bond acceptors (Lipinski definition) is 2. The van der Waals surface area contributed by atoms with Crippen LogP contribution in [0.15, 0.2) is 48.7 Å². The number of benzene rings is 2. The molecule has 2 aromatic carbocycles. The molecular weight excluding hydrogens is 474 g/mol. The first-order valence-corrected chi connectivity index (χ1v) is 7.83. The first kappa shape index (κ1) is 20.5. The Bertz CT molecular complexity index is 758. The van der Waals surface area contributed by atoms with Crippen molar-refractivity contribution in [3.8, 4) is 11.3 Å². The van der Waals surface area contributed by atoms with Crippen molar-refractivity contribution >= 4 is 10.8 Å². The molecule has 3 heteroatoms. The van der Waals surface area contributed by atoms with Crippen molar-refractivity contribution in [2.45, 2.75) is 33.3 Å². The number of fused-ring (bicyclic) bond motifs is 1. The third-order valence-electron chi connectivity index (χ3n) is 3.49. The molecule has 3 aromatic rings. The van der Waals surface area contributed by atoms with Gasteiger partial charge in [-0.25, -0.2) is 0 Å². The molecule has 0 amide bonds. The monoisotopic (exact) mass is 498 g/mol. The van der Waals surface area contributed by atoms with Gasteiger partial charge in [0.2, 0.25) is 0 Å². The van der Waals surface area contributed by atoms with Gasteiger partial charge in [0.25, 0.3) is 0 Å². The van der Waals surface area contributed by atoms with E-state index in [2.05, 4.69) is 68.2 Å². The number of aromatic nitrogens is 1. The van der Waals surface area contributed by atoms with Gasteiger partial charge in [-0.3, -0.25) is 0 Å². The molecule has 0 saturated carbocycles. The van der Waals surface area contributed by atoms with Crippen LogP contribution in [-0.4, -0.2) is 16.2 Å². The van der Waals surface area contributed by atoms with E-state index in [0.717, 1.165) is 16.8 Å². The van der Waals surface area contributed by atoms with Gasteiger partial charge in [0.05, 0.1) is 0 Å². The Balaban J connectivity index is 0.000000425. The minimum Gasteiger partial charge on any atom is -0.396 e. The number of rotatable bonds is 2. The molecule has 0 spiro atoms. The van der Waals surface area contributed by atoms with Gasteiger partial charge < -0.3 is 17.0 Å². The van der Waals surface area contributed by atoms with Gasteiger partial charge in [0, 0.05) is 32.4 Å². The predicted molar refractivity (Wildman–Crippen MR) is 97.1 cm³/mol. The summed E-state index contributed by atoms with van der Waals surface area (Å²) in [6, 6.07) is 18.0. The number of aryl methyl sites for hydroxylation is 2. The fraction of sp³-hybridized carbons (Fsp3) is 0.238. The molecule has 0 fully saturated rings. The second kappa shape index (κ2) is 9.68. The number of nitrogens with zero attached hydrogens (tertiary/aromatic N) is 1. The fourth-order valence-corrected chi connectivity index (χ4v) is 2.36. The zero-order chi connectivity index (χ0) is 16.8. The average molecular weight is 498 g/mol. The number of aliphatic hydroxyl groups excluding tert-OH is 1. The van der Waals surface area contributed by atoms with Crippen LogP contribution >= 0.6 is 0 Å². The third kappa shape index (κ3) is 5.52. The Kier molecular flexibility index (Phi) is 8.27. The van der Waals surface area contributed by atoms with Crippen LogP contribution in [0.1, 0.15) is 24.5 Å². The van der Waals surface area contributed by atoms with E-state index in [1.165, 1.54) is 16.3 Å². The molecule has 1 N–H and O–H groups in total. The quantitative estimate of drug-likeness (QED) is 0.511. The standard InChI is InChI=1S/C17H14N.C4H9O.Ir/c1-12-9-13(2)11-15(10-12)17-16-6-4-3-5-14(16)7-8-18-17;1-3-4(2)5;/h3-10H,1-2H3;4-5H,1,3H2,2H3;/q2*-1;. The van der Waals surface area contributed by atoms with Crippen LogP contribution in [0.5, 0.6) is 0 Å². The van der Waals surface area contributed by atoms with Crippen LogP contribution in [0.25, 0.3) is 22.0 Å². The first-order chi connectivity index (χ1) is 11.0. The molecule has 24 heavy (non-hydrogen) atoms. The van der Waals surface area contributed by atoms with Crippen molar-refractivity contribution in [2.24, 2.45) is 0 Å². The summed E-state index contributed by atoms with van der Waals surface area (Å²) < 4.78 is 0. The van der Waals surface area contributed by atoms with E-state index in [1.807, 2.05) is 12.3 Å². The van der Waals surface area contributed by atoms with Crippen molar-refractivity contribution in [1.82, 2.24) is 4.98 Å². The largest absolute Gasteiger partial charge is 0.396 e. The SMILES string of the molecule is Cc1[c-]c(-c2nccc3ccccc23)cc(C)c1.[CH2-]CC(C)O.[Ir]. The van der Waals surface area contributed by atoms with Gasteiger partial charge in [-0.15, -0.1) is 34.9 Å². The summed E-state index contributed by atoms with van der Waals surface area (Å²) in [5.41, 5.74) is 4.49. The molecule has 0 saturated heterocycles. The summed E-state index contributed by atoms with van der Waals surface area (Å²) in [6.07, 6.45) is 2.25. The molecule has 2 nitrogen and oxygen atoms in total. The Labute approximate surface area is 158 Å². The van der Waals surface area contributed by atoms with E-state index in [4.69, 9.17) is 5.11 Å². The number of pyridine rings is 1. The van der Waals surface area contributed by atoms with E-state index in [9.17, 15) is 0 Å². The van der Waals surface area contributed by atoms with Crippen LogP contribution in [0.3, 0.4) is 0 Å². The molecule has 1 atom stereocenters. The van der Waals surface area contributed by atoms with Gasteiger partial charge in [-0.1, -0.05) is 38.1 Å². The molecule has 1 unspecified atom stereocenters. The van der Waals surface area contributed by atoms with E-state index >= 15 is 0 Å². The summed E-state index contributed by atoms with van der Waals surface area (Å²) in [5, 5.41) is 10.7. The molecule has 1 radical (unpaired) electrons. The molecule has 129 valence electrons. The van der Waals surface area contributed by atoms with E-state index < -0.39 is 0 Å². The molecule has 1 aromatic heterocycles. The van der Waals surface area contributed by atoms with E-state index in [1.54, 1.807) is 6.92 Å². The average Bonchev–Trinajstić information content (AvgIpc) is 2.54. The van der Waals surface area contributed by atoms with Gasteiger partial charge in [-0.2, -0.15) is 6.42 Å². The topological polar surface area (TPSA) is 33.1 Å². The van der Waals surface area contributed by atoms with Crippen molar-refractivity contribution in [1.29, 1.82) is 0 Å². The predicted octanol–water partition coefficient (Wildman–Crippen LogP) is 4.91. The molecule has 0 aliphatic heterocycles. The molecule has 1 heterocycles. The summed E-state index contributed by atoms with van der Waals surface area (Å²) >= 11 is 0. The fourth-order valence-electron chi connectivity index (χ4n) is 2.36. The zero-order valence-electron chi connectivity index (χ0n) is 14.3. The summed E-state index contributed by atoms with van der Waals surface area (Å²) in [5.74, 6) is 0. The van der Waals surface area contributed by atoms with Crippen molar-refractivity contribution < 1.29 is 25.2 Å². The smallest absolute Gasteiger partial charge is 0.0241 e. The summed E-state index contributed by atoms with van der Waals surface area (Å²) in [7, 11) is 0. The van der Waals surface area contributed by atoms with Crippen molar-refractivity contribution in [3.05, 3.63) is 72.8 Å². The zero-order valence-corrected chi connectivity index (χ0v) is 16.7. The molecular formula is C21H23IrNO-2. The second-order valence-electron chi connectivity index (χ2n) is 5.77. The molecule has 0 bridgehead atoms. The Hall–Kier alpha value is -1.54. The Morgan fingerprint density at radius 3 is 2.46 bits per heavy atom. The minimum atomic E-state index is -0.227. The number of hydrogen-bond donors (Lipinski definition) is 1. The maximum atomic E-state index is 8.30. The van der Waals surface area contributed by atoms with Gasteiger partial charge in [0.15, 0.2) is 0 Å². The van der Waals surface area contributed by atoms with E-state index in [-0.39, 0.29) is 26.2 Å². The van der Waals surface area contributed by atoms with Gasteiger partial charge in [0.1, 0.15) is 0 Å². The van der Waals surface area contributed by atoms with E-state index in [0.29, 0.717) is 6.42 Å². The summed E-state index contributed by atoms with van der Waals surface area (Å²) in [4.78, 5) is 4.53. The normalized spacial score (nSPS) is 11.2. The van der Waals surface area contributed by atoms with Crippen LogP contribution < -0.4 is 0 Å². The van der Waals surface area contributed by atoms with Crippen molar-refractivity contribution in [2.75, 3.05) is 0 Å². The summed E-state index contributed by atoms with van der Waals surface area (Å²) in [6.45, 7) is 9.33. The second-order valence-corrected chi connectivity index (χ2v) is 5.77. The van der Waals surface area contributed by atoms with Crippen LogP contribution in [0, 0.1) is 26.8 Å². The van der Waals surface area contributed by atoms with Crippen molar-refractivity contribution in [3.63, 3.8) is 0 Å². The van der Waals surface area contributed by atoms with Crippen LogP contribution in [0.4, 0.5) is 0 Å². The van der Waals surface area contributed by atoms with Crippen LogP contribution in [-0.2, 0) is 20.1 Å². The van der Waals surface area contributed by atoms with Gasteiger partial charge >= 0.3 is 0 Å². The first-order valence-electron chi connectivity index (χ1n) is 7.83.